The Balaban J connectivity index is 2.10. The summed E-state index contributed by atoms with van der Waals surface area (Å²) in [7, 11) is 0. The van der Waals surface area contributed by atoms with Gasteiger partial charge in [-0.05, 0) is 53.1 Å². The van der Waals surface area contributed by atoms with Crippen molar-refractivity contribution in [3.8, 4) is 0 Å². The number of hydrogen-bond acceptors (Lipinski definition) is 1. The highest BCUT2D eigenvalue weighted by Gasteiger charge is 2.38. The topological polar surface area (TPSA) is 17.8 Å². The second-order valence-corrected chi connectivity index (χ2v) is 6.57. The summed E-state index contributed by atoms with van der Waals surface area (Å²) < 4.78 is 3.67. The van der Waals surface area contributed by atoms with Gasteiger partial charge in [0.05, 0.1) is 11.0 Å². The van der Waals surface area contributed by atoms with E-state index in [0.29, 0.717) is 11.9 Å². The van der Waals surface area contributed by atoms with Crippen LogP contribution in [0.1, 0.15) is 31.6 Å². The van der Waals surface area contributed by atoms with Gasteiger partial charge in [-0.15, -0.1) is 11.6 Å². The van der Waals surface area contributed by atoms with Crippen molar-refractivity contribution in [1.82, 2.24) is 9.55 Å². The van der Waals surface area contributed by atoms with Crippen LogP contribution in [0.5, 0.6) is 0 Å². The molecule has 0 N–H and O–H groups in total. The van der Waals surface area contributed by atoms with Crippen LogP contribution in [-0.2, 0) is 6.42 Å². The Hall–Kier alpha value is -0.290. The predicted octanol–water partition coefficient (Wildman–Crippen LogP) is 4.39. The number of hydrogen-bond donors (Lipinski definition) is 0. The summed E-state index contributed by atoms with van der Waals surface area (Å²) in [4.78, 5) is 4.77. The fraction of sp³-hybridized carbons (Fsp3) is 0.500. The fourth-order valence-electron chi connectivity index (χ4n) is 2.74. The van der Waals surface area contributed by atoms with E-state index in [2.05, 4.69) is 52.3 Å². The number of benzene rings is 1. The molecule has 1 aromatic heterocycles. The zero-order chi connectivity index (χ0) is 12.7. The zero-order valence-electron chi connectivity index (χ0n) is 10.4. The lowest BCUT2D eigenvalue weighted by Gasteiger charge is -2.07. The number of halogens is 2. The van der Waals surface area contributed by atoms with Gasteiger partial charge in [0.1, 0.15) is 5.82 Å². The van der Waals surface area contributed by atoms with Crippen LogP contribution in [0.4, 0.5) is 0 Å². The molecule has 2 aromatic rings. The minimum atomic E-state index is 0.643. The third-order valence-corrected chi connectivity index (χ3v) is 4.64. The smallest absolute Gasteiger partial charge is 0.111 e. The fourth-order valence-corrected chi connectivity index (χ4v) is 3.38. The molecule has 2 nitrogen and oxygen atoms in total. The molecule has 1 heterocycles. The Morgan fingerprint density at radius 3 is 3.00 bits per heavy atom. The maximum absolute atomic E-state index is 5.91. The van der Waals surface area contributed by atoms with Gasteiger partial charge in [0.25, 0.3) is 0 Å². The minimum Gasteiger partial charge on any atom is -0.325 e. The van der Waals surface area contributed by atoms with E-state index in [1.165, 1.54) is 21.9 Å². The molecule has 1 aromatic carbocycles. The Labute approximate surface area is 126 Å². The number of rotatable bonds is 4. The SMILES string of the molecule is CCC1CC1n1c(CCCl)nc2cc(I)ccc21. The van der Waals surface area contributed by atoms with Crippen LogP contribution in [-0.4, -0.2) is 15.4 Å². The average molecular weight is 375 g/mol. The van der Waals surface area contributed by atoms with E-state index in [-0.39, 0.29) is 0 Å². The van der Waals surface area contributed by atoms with Gasteiger partial charge in [0.15, 0.2) is 0 Å². The van der Waals surface area contributed by atoms with Crippen LogP contribution in [0.25, 0.3) is 11.0 Å². The lowest BCUT2D eigenvalue weighted by atomic mass is 10.3. The first-order valence-electron chi connectivity index (χ1n) is 6.47. The second kappa shape index (κ2) is 5.00. The van der Waals surface area contributed by atoms with Gasteiger partial charge < -0.3 is 4.57 Å². The first kappa shape index (κ1) is 12.7. The first-order chi connectivity index (χ1) is 8.74. The average Bonchev–Trinajstić information content (AvgIpc) is 3.04. The molecule has 0 radical (unpaired) electrons. The highest BCUT2D eigenvalue weighted by atomic mass is 127. The molecule has 1 fully saturated rings. The van der Waals surface area contributed by atoms with Gasteiger partial charge in [0, 0.05) is 21.9 Å². The Bertz CT molecular complexity index is 578. The molecule has 18 heavy (non-hydrogen) atoms. The van der Waals surface area contributed by atoms with Gasteiger partial charge >= 0.3 is 0 Å². The molecule has 1 saturated carbocycles. The summed E-state index contributed by atoms with van der Waals surface area (Å²) in [6.45, 7) is 2.27. The predicted molar refractivity (Wildman–Crippen MR) is 84.3 cm³/mol. The van der Waals surface area contributed by atoms with Crippen molar-refractivity contribution >= 4 is 45.2 Å². The molecule has 0 saturated heterocycles. The van der Waals surface area contributed by atoms with Crippen molar-refractivity contribution in [2.45, 2.75) is 32.2 Å². The number of nitrogens with zero attached hydrogens (tertiary/aromatic N) is 2. The van der Waals surface area contributed by atoms with Gasteiger partial charge in [-0.25, -0.2) is 4.98 Å². The Kier molecular flexibility index (Phi) is 3.54. The normalized spacial score (nSPS) is 22.6. The molecule has 2 unspecified atom stereocenters. The van der Waals surface area contributed by atoms with E-state index < -0.39 is 0 Å². The monoisotopic (exact) mass is 374 g/mol. The molecule has 2 atom stereocenters. The van der Waals surface area contributed by atoms with E-state index in [1.54, 1.807) is 0 Å². The highest BCUT2D eigenvalue weighted by Crippen LogP contribution is 2.47. The Morgan fingerprint density at radius 2 is 2.33 bits per heavy atom. The largest absolute Gasteiger partial charge is 0.325 e. The molecule has 96 valence electrons. The van der Waals surface area contributed by atoms with Crippen molar-refractivity contribution in [2.24, 2.45) is 5.92 Å². The maximum atomic E-state index is 5.91. The van der Waals surface area contributed by atoms with Crippen LogP contribution in [0.15, 0.2) is 18.2 Å². The van der Waals surface area contributed by atoms with E-state index >= 15 is 0 Å². The standard InChI is InChI=1S/C14H16ClIN2/c1-2-9-7-13(9)18-12-4-3-10(16)8-11(12)17-14(18)5-6-15/h3-4,8-9,13H,2,5-7H2,1H3. The van der Waals surface area contributed by atoms with Crippen molar-refractivity contribution in [2.75, 3.05) is 5.88 Å². The summed E-state index contributed by atoms with van der Waals surface area (Å²) >= 11 is 8.25. The van der Waals surface area contributed by atoms with Crippen LogP contribution in [0, 0.1) is 9.49 Å². The number of aromatic nitrogens is 2. The molecule has 0 bridgehead atoms. The number of alkyl halides is 1. The lowest BCUT2D eigenvalue weighted by Crippen LogP contribution is -2.03. The van der Waals surface area contributed by atoms with Gasteiger partial charge in [-0.2, -0.15) is 0 Å². The molecule has 0 spiro atoms. The van der Waals surface area contributed by atoms with Gasteiger partial charge in [-0.1, -0.05) is 13.3 Å². The molecule has 0 amide bonds. The van der Waals surface area contributed by atoms with Gasteiger partial charge in [-0.3, -0.25) is 0 Å². The summed E-state index contributed by atoms with van der Waals surface area (Å²) in [5.74, 6) is 2.63. The number of fused-ring (bicyclic) bond motifs is 1. The molecule has 1 aliphatic carbocycles. The second-order valence-electron chi connectivity index (χ2n) is 4.94. The van der Waals surface area contributed by atoms with Gasteiger partial charge in [0.2, 0.25) is 0 Å². The Morgan fingerprint density at radius 1 is 1.50 bits per heavy atom. The third kappa shape index (κ3) is 2.16. The molecule has 0 aliphatic heterocycles. The van der Waals surface area contributed by atoms with Crippen molar-refractivity contribution in [3.05, 3.63) is 27.6 Å². The molecular weight excluding hydrogens is 359 g/mol. The maximum Gasteiger partial charge on any atom is 0.111 e. The number of imidazole rings is 1. The molecule has 3 rings (SSSR count). The third-order valence-electron chi connectivity index (χ3n) is 3.78. The molecule has 1 aliphatic rings. The first-order valence-corrected chi connectivity index (χ1v) is 8.08. The summed E-state index contributed by atoms with van der Waals surface area (Å²) in [6, 6.07) is 7.17. The lowest BCUT2D eigenvalue weighted by molar-refractivity contribution is 0.629. The minimum absolute atomic E-state index is 0.643. The summed E-state index contributed by atoms with van der Waals surface area (Å²) in [5, 5.41) is 0. The van der Waals surface area contributed by atoms with Crippen LogP contribution >= 0.6 is 34.2 Å². The number of aryl methyl sites for hydroxylation is 1. The van der Waals surface area contributed by atoms with E-state index in [4.69, 9.17) is 16.6 Å². The van der Waals surface area contributed by atoms with E-state index in [1.807, 2.05) is 0 Å². The van der Waals surface area contributed by atoms with E-state index in [0.717, 1.165) is 23.7 Å². The summed E-state index contributed by atoms with van der Waals surface area (Å²) in [6.07, 6.45) is 3.41. The van der Waals surface area contributed by atoms with Crippen molar-refractivity contribution < 1.29 is 0 Å². The molecule has 4 heteroatoms. The molecular formula is C14H16ClIN2. The van der Waals surface area contributed by atoms with Crippen LogP contribution < -0.4 is 0 Å². The van der Waals surface area contributed by atoms with Crippen LogP contribution in [0.2, 0.25) is 0 Å². The van der Waals surface area contributed by atoms with Crippen molar-refractivity contribution in [1.29, 1.82) is 0 Å². The van der Waals surface area contributed by atoms with Crippen molar-refractivity contribution in [3.63, 3.8) is 0 Å². The van der Waals surface area contributed by atoms with Crippen LogP contribution in [0.3, 0.4) is 0 Å². The quantitative estimate of drug-likeness (QED) is 0.573. The zero-order valence-corrected chi connectivity index (χ0v) is 13.3. The highest BCUT2D eigenvalue weighted by molar-refractivity contribution is 14.1. The van der Waals surface area contributed by atoms with E-state index in [9.17, 15) is 0 Å². The summed E-state index contributed by atoms with van der Waals surface area (Å²) in [5.41, 5.74) is 2.39.